The van der Waals surface area contributed by atoms with Crippen molar-refractivity contribution in [2.24, 2.45) is 0 Å². The van der Waals surface area contributed by atoms with Crippen molar-refractivity contribution in [3.8, 4) is 11.8 Å². The number of hydrogen-bond donors (Lipinski definition) is 2. The lowest BCUT2D eigenvalue weighted by atomic mass is 10.1. The summed E-state index contributed by atoms with van der Waals surface area (Å²) in [6.07, 6.45) is 2.03. The lowest BCUT2D eigenvalue weighted by molar-refractivity contribution is 0.305. The van der Waals surface area contributed by atoms with E-state index >= 15 is 0 Å². The first-order chi connectivity index (χ1) is 9.90. The molecule has 21 heavy (non-hydrogen) atoms. The first-order valence-corrected chi connectivity index (χ1v) is 8.61. The zero-order valence-corrected chi connectivity index (χ0v) is 13.6. The van der Waals surface area contributed by atoms with Crippen LogP contribution in [-0.4, -0.2) is 26.2 Å². The molecule has 0 amide bonds. The summed E-state index contributed by atoms with van der Waals surface area (Å²) >= 11 is 0. The number of aryl methyl sites for hydroxylation is 1. The Morgan fingerprint density at radius 1 is 1.38 bits per heavy atom. The Morgan fingerprint density at radius 2 is 2.10 bits per heavy atom. The van der Waals surface area contributed by atoms with Gasteiger partial charge in [0.05, 0.1) is 11.5 Å². The van der Waals surface area contributed by atoms with E-state index in [1.165, 1.54) is 0 Å². The van der Waals surface area contributed by atoms with Crippen molar-refractivity contribution in [1.82, 2.24) is 4.72 Å². The summed E-state index contributed by atoms with van der Waals surface area (Å²) in [6, 6.07) is 4.98. The molecule has 1 aromatic rings. The third-order valence-electron chi connectivity index (χ3n) is 2.96. The number of rotatable bonds is 6. The van der Waals surface area contributed by atoms with E-state index in [0.29, 0.717) is 12.0 Å². The lowest BCUT2D eigenvalue weighted by Crippen LogP contribution is -2.32. The number of hydrogen-bond acceptors (Lipinski definition) is 3. The maximum Gasteiger partial charge on any atom is 0.242 e. The maximum absolute atomic E-state index is 12.5. The monoisotopic (exact) mass is 309 g/mol. The quantitative estimate of drug-likeness (QED) is 0.792. The zero-order chi connectivity index (χ0) is 15.9. The van der Waals surface area contributed by atoms with Crippen LogP contribution in [0.25, 0.3) is 0 Å². The van der Waals surface area contributed by atoms with Gasteiger partial charge in [0.15, 0.2) is 0 Å². The van der Waals surface area contributed by atoms with Crippen molar-refractivity contribution in [3.05, 3.63) is 29.3 Å². The summed E-state index contributed by atoms with van der Waals surface area (Å²) in [5.74, 6) is 5.61. The molecule has 0 aliphatic heterocycles. The van der Waals surface area contributed by atoms with Gasteiger partial charge < -0.3 is 5.11 Å². The van der Waals surface area contributed by atoms with Crippen molar-refractivity contribution in [3.63, 3.8) is 0 Å². The van der Waals surface area contributed by atoms with Crippen molar-refractivity contribution in [1.29, 1.82) is 0 Å². The number of aliphatic hydroxyl groups is 1. The van der Waals surface area contributed by atoms with Crippen molar-refractivity contribution >= 4 is 10.0 Å². The second-order valence-electron chi connectivity index (χ2n) is 5.09. The molecule has 0 saturated heterocycles. The van der Waals surface area contributed by atoms with Crippen LogP contribution < -0.4 is 4.72 Å². The van der Waals surface area contributed by atoms with Gasteiger partial charge in [-0.05, 0) is 38.0 Å². The zero-order valence-electron chi connectivity index (χ0n) is 12.8. The summed E-state index contributed by atoms with van der Waals surface area (Å²) in [6.45, 7) is 5.72. The van der Waals surface area contributed by atoms with Gasteiger partial charge in [-0.2, -0.15) is 0 Å². The van der Waals surface area contributed by atoms with Crippen LogP contribution in [-0.2, 0) is 10.0 Å². The highest BCUT2D eigenvalue weighted by Gasteiger charge is 2.20. The largest absolute Gasteiger partial charge is 0.395 e. The van der Waals surface area contributed by atoms with E-state index in [1.54, 1.807) is 18.2 Å². The minimum atomic E-state index is -3.58. The van der Waals surface area contributed by atoms with Gasteiger partial charge in [-0.25, -0.2) is 13.1 Å². The van der Waals surface area contributed by atoms with Crippen LogP contribution in [0.15, 0.2) is 23.1 Å². The Hall–Kier alpha value is -1.35. The number of aliphatic hydroxyl groups excluding tert-OH is 1. The highest BCUT2D eigenvalue weighted by Crippen LogP contribution is 2.17. The van der Waals surface area contributed by atoms with E-state index in [0.717, 1.165) is 18.4 Å². The summed E-state index contributed by atoms with van der Waals surface area (Å²) in [5.41, 5.74) is 1.42. The third-order valence-corrected chi connectivity index (χ3v) is 4.61. The SMILES string of the molecule is CCCC(C)NS(=O)(=O)c1ccc(C)cc1C#CCCO. The van der Waals surface area contributed by atoms with E-state index in [2.05, 4.69) is 16.6 Å². The average Bonchev–Trinajstić information content (AvgIpc) is 2.38. The minimum absolute atomic E-state index is 0.0350. The van der Waals surface area contributed by atoms with Gasteiger partial charge in [0.25, 0.3) is 0 Å². The van der Waals surface area contributed by atoms with Gasteiger partial charge in [-0.3, -0.25) is 0 Å². The molecule has 0 saturated carbocycles. The van der Waals surface area contributed by atoms with Gasteiger partial charge in [0.1, 0.15) is 0 Å². The molecule has 4 nitrogen and oxygen atoms in total. The molecule has 1 rings (SSSR count). The Bertz CT molecular complexity index is 627. The lowest BCUT2D eigenvalue weighted by Gasteiger charge is -2.14. The van der Waals surface area contributed by atoms with Gasteiger partial charge in [0.2, 0.25) is 10.0 Å². The molecule has 0 heterocycles. The molecule has 116 valence electrons. The molecule has 0 aliphatic carbocycles. The molecule has 2 N–H and O–H groups in total. The maximum atomic E-state index is 12.5. The van der Waals surface area contributed by atoms with Crippen LogP contribution in [0.3, 0.4) is 0 Å². The fourth-order valence-corrected chi connectivity index (χ4v) is 3.43. The molecule has 0 radical (unpaired) electrons. The van der Waals surface area contributed by atoms with Crippen LogP contribution in [0.1, 0.15) is 44.2 Å². The highest BCUT2D eigenvalue weighted by molar-refractivity contribution is 7.89. The molecule has 1 atom stereocenters. The van der Waals surface area contributed by atoms with E-state index in [9.17, 15) is 8.42 Å². The first-order valence-electron chi connectivity index (χ1n) is 7.13. The van der Waals surface area contributed by atoms with Crippen LogP contribution in [0, 0.1) is 18.8 Å². The van der Waals surface area contributed by atoms with E-state index in [-0.39, 0.29) is 17.5 Å². The Morgan fingerprint density at radius 3 is 2.71 bits per heavy atom. The van der Waals surface area contributed by atoms with Crippen molar-refractivity contribution in [2.75, 3.05) is 6.61 Å². The van der Waals surface area contributed by atoms with Gasteiger partial charge in [0, 0.05) is 18.0 Å². The molecule has 0 aliphatic rings. The fourth-order valence-electron chi connectivity index (χ4n) is 2.01. The summed E-state index contributed by atoms with van der Waals surface area (Å²) in [5, 5.41) is 8.77. The van der Waals surface area contributed by atoms with E-state index < -0.39 is 10.0 Å². The molecule has 1 aromatic carbocycles. The van der Waals surface area contributed by atoms with Crippen LogP contribution in [0.2, 0.25) is 0 Å². The Balaban J connectivity index is 3.14. The van der Waals surface area contributed by atoms with Gasteiger partial charge in [-0.1, -0.05) is 31.3 Å². The number of benzene rings is 1. The third kappa shape index (κ3) is 5.50. The first kappa shape index (κ1) is 17.7. The molecule has 1 unspecified atom stereocenters. The number of sulfonamides is 1. The molecule has 0 spiro atoms. The molecule has 0 bridgehead atoms. The fraction of sp³-hybridized carbons (Fsp3) is 0.500. The van der Waals surface area contributed by atoms with Crippen molar-refractivity contribution in [2.45, 2.75) is 51.0 Å². The normalized spacial score (nSPS) is 12.6. The molecular formula is C16H23NO3S. The minimum Gasteiger partial charge on any atom is -0.395 e. The van der Waals surface area contributed by atoms with Crippen LogP contribution >= 0.6 is 0 Å². The topological polar surface area (TPSA) is 66.4 Å². The summed E-state index contributed by atoms with van der Waals surface area (Å²) in [4.78, 5) is 0.196. The second-order valence-corrected chi connectivity index (χ2v) is 6.77. The van der Waals surface area contributed by atoms with Crippen LogP contribution in [0.5, 0.6) is 0 Å². The molecule has 0 aromatic heterocycles. The highest BCUT2D eigenvalue weighted by atomic mass is 32.2. The van der Waals surface area contributed by atoms with E-state index in [4.69, 9.17) is 5.11 Å². The second kappa shape index (κ2) is 8.18. The average molecular weight is 309 g/mol. The van der Waals surface area contributed by atoms with Gasteiger partial charge >= 0.3 is 0 Å². The van der Waals surface area contributed by atoms with Crippen LogP contribution in [0.4, 0.5) is 0 Å². The molecule has 0 fully saturated rings. The van der Waals surface area contributed by atoms with E-state index in [1.807, 2.05) is 20.8 Å². The van der Waals surface area contributed by atoms with Gasteiger partial charge in [-0.15, -0.1) is 0 Å². The standard InChI is InChI=1S/C16H23NO3S/c1-4-7-14(3)17-21(19,20)16-10-9-13(2)12-15(16)8-5-6-11-18/h9-10,12,14,17-18H,4,6-7,11H2,1-3H3. The van der Waals surface area contributed by atoms with Crippen molar-refractivity contribution < 1.29 is 13.5 Å². The molecular weight excluding hydrogens is 286 g/mol. The Kier molecular flexibility index (Phi) is 6.90. The summed E-state index contributed by atoms with van der Waals surface area (Å²) in [7, 11) is -3.58. The molecule has 5 heteroatoms. The predicted molar refractivity (Wildman–Crippen MR) is 84.5 cm³/mol. The number of nitrogens with one attached hydrogen (secondary N) is 1. The Labute approximate surface area is 127 Å². The summed E-state index contributed by atoms with van der Waals surface area (Å²) < 4.78 is 27.6. The smallest absolute Gasteiger partial charge is 0.242 e. The predicted octanol–water partition coefficient (Wildman–Crippen LogP) is 2.20.